The second-order valence-electron chi connectivity index (χ2n) is 4.55. The fourth-order valence-electron chi connectivity index (χ4n) is 2.84. The number of nitrogens with zero attached hydrogens (tertiary/aromatic N) is 1. The summed E-state index contributed by atoms with van der Waals surface area (Å²) in [5.74, 6) is -0.781. The first-order valence-electron chi connectivity index (χ1n) is 5.71. The number of likely N-dealkylation sites (tertiary alicyclic amines) is 1. The maximum absolute atomic E-state index is 11.6. The van der Waals surface area contributed by atoms with Gasteiger partial charge in [0.15, 0.2) is 0 Å². The van der Waals surface area contributed by atoms with Gasteiger partial charge in [-0.2, -0.15) is 0 Å². The van der Waals surface area contributed by atoms with Crippen molar-refractivity contribution >= 4 is 11.9 Å². The quantitative estimate of drug-likeness (QED) is 0.751. The number of amides is 1. The molecule has 0 radical (unpaired) electrons. The first-order valence-corrected chi connectivity index (χ1v) is 5.71. The molecule has 1 heterocycles. The van der Waals surface area contributed by atoms with Crippen LogP contribution in [0.3, 0.4) is 0 Å². The fraction of sp³-hybridized carbons (Fsp3) is 0.818. The maximum Gasteiger partial charge on any atom is 0.329 e. The number of carbonyl (C=O) groups is 2. The molecule has 0 unspecified atom stereocenters. The standard InChI is InChI=1S/C11H17NO3/c13-9-5-4-8-12(9)11(10(14)15)6-2-1-3-7-11/h1-8H2,(H,14,15). The van der Waals surface area contributed by atoms with E-state index in [2.05, 4.69) is 0 Å². The first-order chi connectivity index (χ1) is 7.17. The minimum absolute atomic E-state index is 0.0271. The molecule has 0 aromatic carbocycles. The summed E-state index contributed by atoms with van der Waals surface area (Å²) in [7, 11) is 0. The van der Waals surface area contributed by atoms with Gasteiger partial charge in [-0.05, 0) is 19.3 Å². The lowest BCUT2D eigenvalue weighted by atomic mass is 9.80. The van der Waals surface area contributed by atoms with Gasteiger partial charge in [0.1, 0.15) is 5.54 Å². The Morgan fingerprint density at radius 3 is 2.33 bits per heavy atom. The van der Waals surface area contributed by atoms with Gasteiger partial charge in [0.25, 0.3) is 0 Å². The van der Waals surface area contributed by atoms with Crippen molar-refractivity contribution in [1.82, 2.24) is 4.90 Å². The fourth-order valence-corrected chi connectivity index (χ4v) is 2.84. The van der Waals surface area contributed by atoms with Crippen LogP contribution < -0.4 is 0 Å². The molecule has 4 heteroatoms. The molecule has 4 nitrogen and oxygen atoms in total. The third-order valence-electron chi connectivity index (χ3n) is 3.67. The Morgan fingerprint density at radius 2 is 1.87 bits per heavy atom. The van der Waals surface area contributed by atoms with E-state index in [1.165, 1.54) is 0 Å². The van der Waals surface area contributed by atoms with Gasteiger partial charge in [0.05, 0.1) is 0 Å². The molecule has 0 bridgehead atoms. The molecule has 2 aliphatic rings. The third kappa shape index (κ3) is 1.62. The van der Waals surface area contributed by atoms with Gasteiger partial charge in [0, 0.05) is 13.0 Å². The van der Waals surface area contributed by atoms with E-state index in [1.807, 2.05) is 0 Å². The van der Waals surface area contributed by atoms with Crippen molar-refractivity contribution < 1.29 is 14.7 Å². The van der Waals surface area contributed by atoms with Crippen LogP contribution in [0, 0.1) is 0 Å². The van der Waals surface area contributed by atoms with Gasteiger partial charge in [-0.25, -0.2) is 4.79 Å². The highest BCUT2D eigenvalue weighted by Crippen LogP contribution is 2.36. The molecule has 0 atom stereocenters. The van der Waals surface area contributed by atoms with E-state index in [0.717, 1.165) is 25.7 Å². The van der Waals surface area contributed by atoms with E-state index in [9.17, 15) is 14.7 Å². The number of carbonyl (C=O) groups excluding carboxylic acids is 1. The van der Waals surface area contributed by atoms with Crippen molar-refractivity contribution in [3.63, 3.8) is 0 Å². The predicted molar refractivity (Wildman–Crippen MR) is 54.4 cm³/mol. The van der Waals surface area contributed by atoms with Gasteiger partial charge < -0.3 is 10.0 Å². The van der Waals surface area contributed by atoms with Gasteiger partial charge in [-0.15, -0.1) is 0 Å². The average molecular weight is 211 g/mol. The second kappa shape index (κ2) is 3.83. The average Bonchev–Trinajstić information content (AvgIpc) is 2.66. The van der Waals surface area contributed by atoms with Crippen LogP contribution in [0.2, 0.25) is 0 Å². The molecule has 2 fully saturated rings. The number of rotatable bonds is 2. The summed E-state index contributed by atoms with van der Waals surface area (Å²) < 4.78 is 0. The molecule has 1 amide bonds. The number of carboxylic acid groups (broad SMARTS) is 1. The lowest BCUT2D eigenvalue weighted by molar-refractivity contribution is -0.159. The van der Waals surface area contributed by atoms with E-state index in [1.54, 1.807) is 4.90 Å². The van der Waals surface area contributed by atoms with Crippen LogP contribution in [0.1, 0.15) is 44.9 Å². The summed E-state index contributed by atoms with van der Waals surface area (Å²) in [6.07, 6.45) is 5.55. The molecule has 1 aliphatic carbocycles. The summed E-state index contributed by atoms with van der Waals surface area (Å²) in [4.78, 5) is 24.7. The molecule has 0 spiro atoms. The van der Waals surface area contributed by atoms with Crippen molar-refractivity contribution in [2.75, 3.05) is 6.54 Å². The maximum atomic E-state index is 11.6. The Balaban J connectivity index is 2.24. The highest BCUT2D eigenvalue weighted by atomic mass is 16.4. The van der Waals surface area contributed by atoms with Gasteiger partial charge >= 0.3 is 5.97 Å². The summed E-state index contributed by atoms with van der Waals surface area (Å²) in [6.45, 7) is 0.630. The number of aliphatic carboxylic acids is 1. The van der Waals surface area contributed by atoms with Crippen LogP contribution in [0.4, 0.5) is 0 Å². The zero-order chi connectivity index (χ0) is 10.9. The van der Waals surface area contributed by atoms with Gasteiger partial charge in [-0.3, -0.25) is 4.79 Å². The van der Waals surface area contributed by atoms with E-state index < -0.39 is 11.5 Å². The zero-order valence-corrected chi connectivity index (χ0v) is 8.87. The lowest BCUT2D eigenvalue weighted by Crippen LogP contribution is -2.56. The van der Waals surface area contributed by atoms with Gasteiger partial charge in [0.2, 0.25) is 5.91 Å². The molecule has 1 saturated heterocycles. The smallest absolute Gasteiger partial charge is 0.329 e. The Kier molecular flexibility index (Phi) is 2.67. The summed E-state index contributed by atoms with van der Waals surface area (Å²) >= 11 is 0. The highest BCUT2D eigenvalue weighted by molar-refractivity contribution is 5.88. The summed E-state index contributed by atoms with van der Waals surface area (Å²) in [6, 6.07) is 0. The van der Waals surface area contributed by atoms with E-state index in [-0.39, 0.29) is 5.91 Å². The Morgan fingerprint density at radius 1 is 1.20 bits per heavy atom. The molecule has 2 rings (SSSR count). The van der Waals surface area contributed by atoms with Gasteiger partial charge in [-0.1, -0.05) is 19.3 Å². The monoisotopic (exact) mass is 211 g/mol. The van der Waals surface area contributed by atoms with Crippen LogP contribution in [-0.4, -0.2) is 34.0 Å². The topological polar surface area (TPSA) is 57.6 Å². The molecule has 1 aliphatic heterocycles. The molecule has 15 heavy (non-hydrogen) atoms. The molecule has 0 aromatic heterocycles. The minimum Gasteiger partial charge on any atom is -0.479 e. The first kappa shape index (κ1) is 10.5. The lowest BCUT2D eigenvalue weighted by Gasteiger charge is -2.40. The van der Waals surface area contributed by atoms with Crippen LogP contribution in [0.5, 0.6) is 0 Å². The van der Waals surface area contributed by atoms with Crippen LogP contribution >= 0.6 is 0 Å². The van der Waals surface area contributed by atoms with Crippen LogP contribution in [0.15, 0.2) is 0 Å². The molecule has 0 aromatic rings. The SMILES string of the molecule is O=C1CCCN1C1(C(=O)O)CCCCC1. The highest BCUT2D eigenvalue weighted by Gasteiger charge is 2.48. The molecule has 1 saturated carbocycles. The van der Waals surface area contributed by atoms with Crippen molar-refractivity contribution in [2.45, 2.75) is 50.5 Å². The second-order valence-corrected chi connectivity index (χ2v) is 4.55. The molecular formula is C11H17NO3. The normalized spacial score (nSPS) is 25.6. The van der Waals surface area contributed by atoms with Crippen molar-refractivity contribution in [1.29, 1.82) is 0 Å². The molecule has 1 N–H and O–H groups in total. The Bertz CT molecular complexity index is 282. The summed E-state index contributed by atoms with van der Waals surface area (Å²) in [5.41, 5.74) is -0.869. The van der Waals surface area contributed by atoms with E-state index in [4.69, 9.17) is 0 Å². The predicted octanol–water partition coefficient (Wildman–Crippen LogP) is 1.40. The van der Waals surface area contributed by atoms with E-state index in [0.29, 0.717) is 25.8 Å². The molecule has 84 valence electrons. The van der Waals surface area contributed by atoms with E-state index >= 15 is 0 Å². The van der Waals surface area contributed by atoms with Crippen molar-refractivity contribution in [3.05, 3.63) is 0 Å². The summed E-state index contributed by atoms with van der Waals surface area (Å²) in [5, 5.41) is 9.37. The third-order valence-corrected chi connectivity index (χ3v) is 3.67. The van der Waals surface area contributed by atoms with Crippen LogP contribution in [-0.2, 0) is 9.59 Å². The number of carboxylic acids is 1. The largest absolute Gasteiger partial charge is 0.479 e. The minimum atomic E-state index is -0.869. The number of hydrogen-bond donors (Lipinski definition) is 1. The molecular weight excluding hydrogens is 194 g/mol. The number of hydrogen-bond acceptors (Lipinski definition) is 2. The Hall–Kier alpha value is -1.06. The van der Waals surface area contributed by atoms with Crippen molar-refractivity contribution in [2.24, 2.45) is 0 Å². The zero-order valence-electron chi connectivity index (χ0n) is 8.87. The van der Waals surface area contributed by atoms with Crippen LogP contribution in [0.25, 0.3) is 0 Å². The Labute approximate surface area is 89.3 Å². The van der Waals surface area contributed by atoms with Crippen molar-refractivity contribution in [3.8, 4) is 0 Å².